The van der Waals surface area contributed by atoms with Crippen molar-refractivity contribution in [2.45, 2.75) is 0 Å². The van der Waals surface area contributed by atoms with Gasteiger partial charge < -0.3 is 9.94 Å². The van der Waals surface area contributed by atoms with Gasteiger partial charge in [0, 0.05) is 10.5 Å². The molecule has 0 amide bonds. The summed E-state index contributed by atoms with van der Waals surface area (Å²) in [6.45, 7) is 0. The number of benzene rings is 1. The number of ether oxygens (including phenoxy) is 1. The summed E-state index contributed by atoms with van der Waals surface area (Å²) >= 11 is 3.07. The number of carbonyl (C=O) groups is 1. The van der Waals surface area contributed by atoms with Gasteiger partial charge in [0.2, 0.25) is 5.71 Å². The summed E-state index contributed by atoms with van der Waals surface area (Å²) in [4.78, 5) is 21.4. The second-order valence-electron chi connectivity index (χ2n) is 2.86. The third-order valence-corrected chi connectivity index (χ3v) is 2.38. The van der Waals surface area contributed by atoms with Crippen molar-refractivity contribution in [2.24, 2.45) is 5.16 Å². The predicted octanol–water partition coefficient (Wildman–Crippen LogP) is 1.71. The molecule has 0 aliphatic carbocycles. The summed E-state index contributed by atoms with van der Waals surface area (Å²) in [6, 6.07) is 3.97. The molecule has 0 heterocycles. The molecule has 1 aromatic carbocycles. The van der Waals surface area contributed by atoms with E-state index in [4.69, 9.17) is 5.21 Å². The maximum absolute atomic E-state index is 11.3. The lowest BCUT2D eigenvalue weighted by molar-refractivity contribution is -0.385. The Morgan fingerprint density at radius 1 is 1.59 bits per heavy atom. The van der Waals surface area contributed by atoms with Crippen LogP contribution < -0.4 is 0 Å². The molecule has 0 atom stereocenters. The van der Waals surface area contributed by atoms with Gasteiger partial charge in [-0.25, -0.2) is 4.79 Å². The standard InChI is InChI=1S/C9H7BrN2O5/c1-17-9(13)8(11-14)6-3-2-5(10)4-7(6)12(15)16/h2-4,14H,1H3. The van der Waals surface area contributed by atoms with Crippen molar-refractivity contribution >= 4 is 33.3 Å². The average molecular weight is 303 g/mol. The first kappa shape index (κ1) is 13.1. The fraction of sp³-hybridized carbons (Fsp3) is 0.111. The first-order valence-corrected chi connectivity index (χ1v) is 5.05. The Balaban J connectivity index is 3.39. The van der Waals surface area contributed by atoms with Gasteiger partial charge in [-0.15, -0.1) is 0 Å². The zero-order valence-corrected chi connectivity index (χ0v) is 10.2. The van der Waals surface area contributed by atoms with Crippen molar-refractivity contribution in [1.82, 2.24) is 0 Å². The number of halogens is 1. The number of nitrogens with zero attached hydrogens (tertiary/aromatic N) is 2. The topological polar surface area (TPSA) is 102 Å². The highest BCUT2D eigenvalue weighted by Gasteiger charge is 2.25. The van der Waals surface area contributed by atoms with Gasteiger partial charge >= 0.3 is 5.97 Å². The van der Waals surface area contributed by atoms with Crippen LogP contribution in [0.2, 0.25) is 0 Å². The minimum absolute atomic E-state index is 0.118. The Morgan fingerprint density at radius 2 is 2.24 bits per heavy atom. The van der Waals surface area contributed by atoms with Gasteiger partial charge in [-0.05, 0) is 12.1 Å². The summed E-state index contributed by atoms with van der Waals surface area (Å²) in [5, 5.41) is 22.2. The molecule has 1 N–H and O–H groups in total. The van der Waals surface area contributed by atoms with E-state index in [1.807, 2.05) is 0 Å². The molecule has 0 unspecified atom stereocenters. The second-order valence-corrected chi connectivity index (χ2v) is 3.77. The number of hydrogen-bond donors (Lipinski definition) is 1. The Labute approximate surface area is 104 Å². The molecule has 0 aliphatic rings. The van der Waals surface area contributed by atoms with E-state index in [0.717, 1.165) is 7.11 Å². The smallest absolute Gasteiger partial charge is 0.361 e. The molecular formula is C9H7BrN2O5. The normalized spacial score (nSPS) is 11.1. The minimum Gasteiger partial charge on any atom is -0.464 e. The fourth-order valence-corrected chi connectivity index (χ4v) is 1.51. The van der Waals surface area contributed by atoms with E-state index in [9.17, 15) is 14.9 Å². The van der Waals surface area contributed by atoms with Crippen molar-refractivity contribution in [2.75, 3.05) is 7.11 Å². The number of methoxy groups -OCH3 is 1. The first-order valence-electron chi connectivity index (χ1n) is 4.26. The van der Waals surface area contributed by atoms with Gasteiger partial charge in [-0.1, -0.05) is 21.1 Å². The van der Waals surface area contributed by atoms with Crippen LogP contribution >= 0.6 is 15.9 Å². The number of carbonyl (C=O) groups excluding carboxylic acids is 1. The van der Waals surface area contributed by atoms with E-state index >= 15 is 0 Å². The van der Waals surface area contributed by atoms with Gasteiger partial charge in [-0.2, -0.15) is 0 Å². The molecule has 0 radical (unpaired) electrons. The molecule has 90 valence electrons. The lowest BCUT2D eigenvalue weighted by atomic mass is 10.1. The lowest BCUT2D eigenvalue weighted by Gasteiger charge is -2.03. The van der Waals surface area contributed by atoms with Gasteiger partial charge in [0.1, 0.15) is 0 Å². The Hall–Kier alpha value is -1.96. The van der Waals surface area contributed by atoms with Gasteiger partial charge in [0.15, 0.2) is 0 Å². The monoisotopic (exact) mass is 302 g/mol. The molecular weight excluding hydrogens is 296 g/mol. The third kappa shape index (κ3) is 2.78. The fourth-order valence-electron chi connectivity index (χ4n) is 1.16. The highest BCUT2D eigenvalue weighted by atomic mass is 79.9. The van der Waals surface area contributed by atoms with Gasteiger partial charge in [0.25, 0.3) is 5.69 Å². The first-order chi connectivity index (χ1) is 8.01. The number of nitro groups is 1. The molecule has 17 heavy (non-hydrogen) atoms. The Morgan fingerprint density at radius 3 is 2.71 bits per heavy atom. The van der Waals surface area contributed by atoms with Crippen LogP contribution in [0.5, 0.6) is 0 Å². The summed E-state index contributed by atoms with van der Waals surface area (Å²) < 4.78 is 4.83. The molecule has 7 nitrogen and oxygen atoms in total. The van der Waals surface area contributed by atoms with E-state index in [1.165, 1.54) is 18.2 Å². The Kier molecular flexibility index (Phi) is 4.16. The number of rotatable bonds is 3. The molecule has 0 aliphatic heterocycles. The highest BCUT2D eigenvalue weighted by Crippen LogP contribution is 2.24. The van der Waals surface area contributed by atoms with Crippen LogP contribution in [0.15, 0.2) is 27.8 Å². The molecule has 8 heteroatoms. The number of nitro benzene ring substituents is 1. The maximum atomic E-state index is 11.3. The summed E-state index contributed by atoms with van der Waals surface area (Å²) in [7, 11) is 1.08. The largest absolute Gasteiger partial charge is 0.464 e. The van der Waals surface area contributed by atoms with Crippen molar-refractivity contribution < 1.29 is 19.7 Å². The summed E-state index contributed by atoms with van der Waals surface area (Å²) in [5.74, 6) is -0.960. The van der Waals surface area contributed by atoms with Crippen LogP contribution in [-0.4, -0.2) is 28.9 Å². The molecule has 0 saturated heterocycles. The van der Waals surface area contributed by atoms with Crippen LogP contribution in [0.25, 0.3) is 0 Å². The number of oxime groups is 1. The second kappa shape index (κ2) is 5.39. The van der Waals surface area contributed by atoms with Crippen LogP contribution in [0.4, 0.5) is 5.69 Å². The minimum atomic E-state index is -0.960. The molecule has 1 aromatic rings. The summed E-state index contributed by atoms with van der Waals surface area (Å²) in [5.41, 5.74) is -1.00. The van der Waals surface area contributed by atoms with Gasteiger partial charge in [0.05, 0.1) is 17.6 Å². The predicted molar refractivity (Wildman–Crippen MR) is 61.1 cm³/mol. The van der Waals surface area contributed by atoms with Crippen LogP contribution in [0.1, 0.15) is 5.56 Å². The van der Waals surface area contributed by atoms with Crippen LogP contribution in [0, 0.1) is 10.1 Å². The lowest BCUT2D eigenvalue weighted by Crippen LogP contribution is -2.18. The van der Waals surface area contributed by atoms with E-state index in [1.54, 1.807) is 0 Å². The van der Waals surface area contributed by atoms with E-state index in [0.29, 0.717) is 4.47 Å². The van der Waals surface area contributed by atoms with Crippen molar-refractivity contribution in [3.8, 4) is 0 Å². The van der Waals surface area contributed by atoms with E-state index < -0.39 is 16.6 Å². The molecule has 0 spiro atoms. The van der Waals surface area contributed by atoms with Crippen molar-refractivity contribution in [1.29, 1.82) is 0 Å². The SMILES string of the molecule is COC(=O)C(=NO)c1ccc(Br)cc1[N+](=O)[O-]. The molecule has 0 aromatic heterocycles. The van der Waals surface area contributed by atoms with E-state index in [-0.39, 0.29) is 11.3 Å². The van der Waals surface area contributed by atoms with E-state index in [2.05, 4.69) is 25.8 Å². The third-order valence-electron chi connectivity index (χ3n) is 1.89. The molecule has 0 saturated carbocycles. The van der Waals surface area contributed by atoms with Gasteiger partial charge in [-0.3, -0.25) is 10.1 Å². The van der Waals surface area contributed by atoms with Crippen molar-refractivity contribution in [3.63, 3.8) is 0 Å². The number of esters is 1. The average Bonchev–Trinajstić information content (AvgIpc) is 2.31. The zero-order valence-electron chi connectivity index (χ0n) is 8.58. The molecule has 0 fully saturated rings. The zero-order chi connectivity index (χ0) is 13.0. The van der Waals surface area contributed by atoms with Crippen LogP contribution in [0.3, 0.4) is 0 Å². The number of hydrogen-bond acceptors (Lipinski definition) is 6. The maximum Gasteiger partial charge on any atom is 0.361 e. The molecule has 1 rings (SSSR count). The summed E-state index contributed by atoms with van der Waals surface area (Å²) in [6.07, 6.45) is 0. The van der Waals surface area contributed by atoms with Crippen molar-refractivity contribution in [3.05, 3.63) is 38.3 Å². The quantitative estimate of drug-likeness (QED) is 0.301. The molecule has 0 bridgehead atoms. The van der Waals surface area contributed by atoms with Crippen LogP contribution in [-0.2, 0) is 9.53 Å². The Bertz CT molecular complexity index is 500. The highest BCUT2D eigenvalue weighted by molar-refractivity contribution is 9.10.